The highest BCUT2D eigenvalue weighted by Gasteiger charge is 2.33. The highest BCUT2D eigenvalue weighted by molar-refractivity contribution is 5.99. The number of aromatic hydroxyl groups is 1. The van der Waals surface area contributed by atoms with Crippen LogP contribution in [0.2, 0.25) is 0 Å². The molecule has 0 aliphatic heterocycles. The molecule has 0 aliphatic carbocycles. The molecule has 2 aromatic rings. The number of hydrogen-bond acceptors (Lipinski definition) is 5. The predicted molar refractivity (Wildman–Crippen MR) is 127 cm³/mol. The van der Waals surface area contributed by atoms with E-state index in [4.69, 9.17) is 4.74 Å². The van der Waals surface area contributed by atoms with E-state index in [1.165, 1.54) is 17.0 Å². The molecule has 33 heavy (non-hydrogen) atoms. The Hall–Kier alpha value is -3.81. The highest BCUT2D eigenvalue weighted by atomic mass is 16.6. The molecule has 3 N–H and O–H groups in total. The average Bonchev–Trinajstić information content (AvgIpc) is 2.73. The SMILES string of the molecule is C=CCN(C(=O)CNC(=O)OC(C)(C)C)C(C(=O)Nc1ccccc1C)c1ccccc1O. The fourth-order valence-electron chi connectivity index (χ4n) is 3.14. The second-order valence-electron chi connectivity index (χ2n) is 8.46. The van der Waals surface area contributed by atoms with Crippen molar-refractivity contribution in [3.05, 3.63) is 72.3 Å². The van der Waals surface area contributed by atoms with Gasteiger partial charge in [-0.2, -0.15) is 0 Å². The molecular weight excluding hydrogens is 422 g/mol. The number of rotatable bonds is 8. The van der Waals surface area contributed by atoms with Gasteiger partial charge in [0.05, 0.1) is 0 Å². The number of alkyl carbamates (subject to hydrolysis) is 1. The van der Waals surface area contributed by atoms with Gasteiger partial charge in [0, 0.05) is 17.8 Å². The van der Waals surface area contributed by atoms with Gasteiger partial charge in [-0.15, -0.1) is 6.58 Å². The smallest absolute Gasteiger partial charge is 0.408 e. The molecule has 8 nitrogen and oxygen atoms in total. The van der Waals surface area contributed by atoms with Crippen LogP contribution < -0.4 is 10.6 Å². The number of nitrogens with one attached hydrogen (secondary N) is 2. The van der Waals surface area contributed by atoms with Crippen molar-refractivity contribution < 1.29 is 24.2 Å². The number of hydrogen-bond donors (Lipinski definition) is 3. The topological polar surface area (TPSA) is 108 Å². The summed E-state index contributed by atoms with van der Waals surface area (Å²) in [6, 6.07) is 12.4. The molecule has 0 spiro atoms. The lowest BCUT2D eigenvalue weighted by Crippen LogP contribution is -2.46. The normalized spacial score (nSPS) is 11.8. The number of nitrogens with zero attached hydrogens (tertiary/aromatic N) is 1. The van der Waals surface area contributed by atoms with Crippen molar-refractivity contribution in [3.8, 4) is 5.75 Å². The van der Waals surface area contributed by atoms with Gasteiger partial charge in [0.2, 0.25) is 5.91 Å². The Balaban J connectivity index is 2.35. The quantitative estimate of drug-likeness (QED) is 0.525. The third kappa shape index (κ3) is 7.38. The third-order valence-electron chi connectivity index (χ3n) is 4.62. The molecule has 0 saturated carbocycles. The van der Waals surface area contributed by atoms with E-state index in [9.17, 15) is 19.5 Å². The molecule has 2 rings (SSSR count). The second-order valence-corrected chi connectivity index (χ2v) is 8.46. The number of carbonyl (C=O) groups excluding carboxylic acids is 3. The number of anilines is 1. The van der Waals surface area contributed by atoms with Gasteiger partial charge in [0.1, 0.15) is 23.9 Å². The van der Waals surface area contributed by atoms with E-state index in [2.05, 4.69) is 17.2 Å². The lowest BCUT2D eigenvalue weighted by Gasteiger charge is -2.31. The van der Waals surface area contributed by atoms with Crippen LogP contribution in [0, 0.1) is 6.92 Å². The molecular formula is C25H31N3O5. The monoisotopic (exact) mass is 453 g/mol. The Morgan fingerprint density at radius 3 is 2.36 bits per heavy atom. The molecule has 1 atom stereocenters. The summed E-state index contributed by atoms with van der Waals surface area (Å²) in [5, 5.41) is 15.7. The molecule has 0 heterocycles. The zero-order valence-electron chi connectivity index (χ0n) is 19.4. The number of carbonyl (C=O) groups is 3. The maximum absolute atomic E-state index is 13.4. The largest absolute Gasteiger partial charge is 0.508 e. The molecule has 2 aromatic carbocycles. The fraction of sp³-hybridized carbons (Fsp3) is 0.320. The average molecular weight is 454 g/mol. The van der Waals surface area contributed by atoms with Crippen molar-refractivity contribution in [2.75, 3.05) is 18.4 Å². The van der Waals surface area contributed by atoms with E-state index in [1.54, 1.807) is 51.1 Å². The van der Waals surface area contributed by atoms with Crippen LogP contribution in [-0.2, 0) is 14.3 Å². The number of amides is 3. The molecule has 0 aromatic heterocycles. The molecule has 8 heteroatoms. The summed E-state index contributed by atoms with van der Waals surface area (Å²) in [4.78, 5) is 39.8. The van der Waals surface area contributed by atoms with E-state index >= 15 is 0 Å². The summed E-state index contributed by atoms with van der Waals surface area (Å²) >= 11 is 0. The zero-order valence-corrected chi connectivity index (χ0v) is 19.4. The van der Waals surface area contributed by atoms with Gasteiger partial charge >= 0.3 is 6.09 Å². The summed E-state index contributed by atoms with van der Waals surface area (Å²) < 4.78 is 5.17. The number of phenols is 1. The van der Waals surface area contributed by atoms with Crippen molar-refractivity contribution in [3.63, 3.8) is 0 Å². The van der Waals surface area contributed by atoms with Gasteiger partial charge in [-0.25, -0.2) is 4.79 Å². The minimum absolute atomic E-state index is 0.00895. The molecule has 0 radical (unpaired) electrons. The summed E-state index contributed by atoms with van der Waals surface area (Å²) in [5.74, 6) is -1.20. The zero-order chi connectivity index (χ0) is 24.6. The van der Waals surface area contributed by atoms with Crippen LogP contribution >= 0.6 is 0 Å². The summed E-state index contributed by atoms with van der Waals surface area (Å²) in [7, 11) is 0. The summed E-state index contributed by atoms with van der Waals surface area (Å²) in [6.45, 7) is 10.3. The van der Waals surface area contributed by atoms with Crippen LogP contribution in [0.1, 0.15) is 37.9 Å². The molecule has 0 saturated heterocycles. The van der Waals surface area contributed by atoms with Crippen molar-refractivity contribution in [1.29, 1.82) is 0 Å². The van der Waals surface area contributed by atoms with Gasteiger partial charge in [0.15, 0.2) is 0 Å². The van der Waals surface area contributed by atoms with E-state index < -0.39 is 36.1 Å². The van der Waals surface area contributed by atoms with Crippen molar-refractivity contribution >= 4 is 23.6 Å². The van der Waals surface area contributed by atoms with Crippen LogP contribution in [0.25, 0.3) is 0 Å². The number of para-hydroxylation sites is 2. The second kappa shape index (κ2) is 11.2. The van der Waals surface area contributed by atoms with E-state index in [0.717, 1.165) is 5.56 Å². The van der Waals surface area contributed by atoms with Gasteiger partial charge in [-0.3, -0.25) is 9.59 Å². The van der Waals surface area contributed by atoms with Crippen LogP contribution in [0.3, 0.4) is 0 Å². The standard InChI is InChI=1S/C25H31N3O5/c1-6-15-28(21(30)16-26-24(32)33-25(3,4)5)22(18-12-8-10-14-20(18)29)23(31)27-19-13-9-7-11-17(19)2/h6-14,22,29H,1,15-16H2,2-5H3,(H,26,32)(H,27,31). The van der Waals surface area contributed by atoms with Gasteiger partial charge in [-0.05, 0) is 45.4 Å². The first-order valence-corrected chi connectivity index (χ1v) is 10.5. The molecule has 0 aliphatic rings. The first-order chi connectivity index (χ1) is 15.5. The van der Waals surface area contributed by atoms with Gasteiger partial charge in [0.25, 0.3) is 5.91 Å². The summed E-state index contributed by atoms with van der Waals surface area (Å²) in [6.07, 6.45) is 0.720. The Labute approximate surface area is 194 Å². The van der Waals surface area contributed by atoms with Crippen LogP contribution in [-0.4, -0.2) is 46.6 Å². The van der Waals surface area contributed by atoms with Gasteiger partial charge in [-0.1, -0.05) is 42.5 Å². The number of ether oxygens (including phenoxy) is 1. The van der Waals surface area contributed by atoms with Crippen LogP contribution in [0.4, 0.5) is 10.5 Å². The Morgan fingerprint density at radius 1 is 1.12 bits per heavy atom. The first-order valence-electron chi connectivity index (χ1n) is 10.5. The highest BCUT2D eigenvalue weighted by Crippen LogP contribution is 2.30. The minimum atomic E-state index is -1.17. The van der Waals surface area contributed by atoms with Crippen molar-refractivity contribution in [2.24, 2.45) is 0 Å². The van der Waals surface area contributed by atoms with Gasteiger partial charge < -0.3 is 25.4 Å². The maximum Gasteiger partial charge on any atom is 0.408 e. The Morgan fingerprint density at radius 2 is 1.76 bits per heavy atom. The van der Waals surface area contributed by atoms with E-state index in [0.29, 0.717) is 5.69 Å². The fourth-order valence-corrected chi connectivity index (χ4v) is 3.14. The number of aryl methyl sites for hydroxylation is 1. The summed E-state index contributed by atoms with van der Waals surface area (Å²) in [5.41, 5.74) is 0.951. The lowest BCUT2D eigenvalue weighted by molar-refractivity contribution is -0.137. The number of benzene rings is 2. The molecule has 0 bridgehead atoms. The van der Waals surface area contributed by atoms with Crippen LogP contribution in [0.15, 0.2) is 61.2 Å². The van der Waals surface area contributed by atoms with E-state index in [-0.39, 0.29) is 17.9 Å². The predicted octanol–water partition coefficient (Wildman–Crippen LogP) is 3.92. The molecule has 0 fully saturated rings. The Bertz CT molecular complexity index is 1010. The van der Waals surface area contributed by atoms with Crippen LogP contribution in [0.5, 0.6) is 5.75 Å². The Kier molecular flexibility index (Phi) is 8.62. The first kappa shape index (κ1) is 25.5. The minimum Gasteiger partial charge on any atom is -0.508 e. The molecule has 176 valence electrons. The lowest BCUT2D eigenvalue weighted by atomic mass is 10.0. The third-order valence-corrected chi connectivity index (χ3v) is 4.62. The maximum atomic E-state index is 13.4. The number of phenolic OH excluding ortho intramolecular Hbond substituents is 1. The van der Waals surface area contributed by atoms with Crippen molar-refractivity contribution in [2.45, 2.75) is 39.3 Å². The van der Waals surface area contributed by atoms with Crippen molar-refractivity contribution in [1.82, 2.24) is 10.2 Å². The van der Waals surface area contributed by atoms with E-state index in [1.807, 2.05) is 19.1 Å². The molecule has 3 amide bonds. The molecule has 1 unspecified atom stereocenters.